The Kier molecular flexibility index (Phi) is 4.58. The molecule has 2 heterocycles. The summed E-state index contributed by atoms with van der Waals surface area (Å²) in [6.07, 6.45) is 0. The Bertz CT molecular complexity index is 1150. The number of nitrogens with zero attached hydrogens (tertiary/aromatic N) is 2. The van der Waals surface area contributed by atoms with Crippen LogP contribution >= 0.6 is 22.9 Å². The van der Waals surface area contributed by atoms with Crippen LogP contribution in [0.2, 0.25) is 5.02 Å². The molecule has 0 unspecified atom stereocenters. The summed E-state index contributed by atoms with van der Waals surface area (Å²) in [5.74, 6) is 1.17. The van der Waals surface area contributed by atoms with E-state index in [4.69, 9.17) is 11.6 Å². The van der Waals surface area contributed by atoms with E-state index in [9.17, 15) is 4.39 Å². The van der Waals surface area contributed by atoms with E-state index < -0.39 is 0 Å². The average Bonchev–Trinajstić information content (AvgIpc) is 2.94. The number of aryl methyl sites for hydroxylation is 3. The summed E-state index contributed by atoms with van der Waals surface area (Å²) >= 11 is 7.79. The highest BCUT2D eigenvalue weighted by molar-refractivity contribution is 7.19. The number of anilines is 2. The summed E-state index contributed by atoms with van der Waals surface area (Å²) in [4.78, 5) is 11.3. The maximum atomic E-state index is 13.4. The molecule has 0 spiro atoms. The zero-order valence-corrected chi connectivity index (χ0v) is 16.7. The van der Waals surface area contributed by atoms with Crippen LogP contribution in [0.1, 0.15) is 16.3 Å². The van der Waals surface area contributed by atoms with Gasteiger partial charge in [0.1, 0.15) is 22.3 Å². The minimum Gasteiger partial charge on any atom is -0.339 e. The number of halogens is 2. The highest BCUT2D eigenvalue weighted by Gasteiger charge is 2.18. The van der Waals surface area contributed by atoms with Crippen LogP contribution in [0.3, 0.4) is 0 Å². The summed E-state index contributed by atoms with van der Waals surface area (Å²) in [5, 5.41) is 5.03. The zero-order chi connectivity index (χ0) is 19.1. The standard InChI is InChI=1S/C21H17ClFN3S/c1-11-4-7-15(22)10-17(11)26-20-19-18(14-5-8-16(23)9-6-14)12(2)27-21(19)25-13(3)24-20/h4-10H,1-3H3,(H,24,25,26). The quantitative estimate of drug-likeness (QED) is 0.412. The fourth-order valence-electron chi connectivity index (χ4n) is 3.13. The Balaban J connectivity index is 1.94. The van der Waals surface area contributed by atoms with Gasteiger partial charge in [-0.15, -0.1) is 11.3 Å². The highest BCUT2D eigenvalue weighted by Crippen LogP contribution is 2.41. The van der Waals surface area contributed by atoms with E-state index in [1.165, 1.54) is 12.1 Å². The molecule has 4 rings (SSSR count). The maximum absolute atomic E-state index is 13.4. The lowest BCUT2D eigenvalue weighted by Gasteiger charge is -2.12. The van der Waals surface area contributed by atoms with Crippen molar-refractivity contribution in [2.24, 2.45) is 0 Å². The van der Waals surface area contributed by atoms with E-state index in [1.807, 2.05) is 32.0 Å². The molecule has 0 amide bonds. The molecule has 136 valence electrons. The molecule has 0 aliphatic heterocycles. The monoisotopic (exact) mass is 397 g/mol. The largest absolute Gasteiger partial charge is 0.339 e. The van der Waals surface area contributed by atoms with E-state index in [0.29, 0.717) is 10.8 Å². The van der Waals surface area contributed by atoms with Crippen LogP contribution in [0.5, 0.6) is 0 Å². The number of fused-ring (bicyclic) bond motifs is 1. The van der Waals surface area contributed by atoms with Gasteiger partial charge in [0.2, 0.25) is 0 Å². The van der Waals surface area contributed by atoms with Crippen LogP contribution in [-0.4, -0.2) is 9.97 Å². The van der Waals surface area contributed by atoms with Gasteiger partial charge >= 0.3 is 0 Å². The van der Waals surface area contributed by atoms with E-state index >= 15 is 0 Å². The molecule has 4 aromatic rings. The minimum atomic E-state index is -0.254. The first kappa shape index (κ1) is 17.9. The van der Waals surface area contributed by atoms with Crippen LogP contribution in [0.4, 0.5) is 15.9 Å². The minimum absolute atomic E-state index is 0.254. The molecule has 0 radical (unpaired) electrons. The van der Waals surface area contributed by atoms with E-state index in [-0.39, 0.29) is 5.82 Å². The third-order valence-corrected chi connectivity index (χ3v) is 5.66. The molecule has 0 saturated heterocycles. The molecule has 2 aromatic carbocycles. The predicted octanol–water partition coefficient (Wildman–Crippen LogP) is 6.82. The SMILES string of the molecule is Cc1nc(Nc2cc(Cl)ccc2C)c2c(-c3ccc(F)cc3)c(C)sc2n1. The Morgan fingerprint density at radius 1 is 1.00 bits per heavy atom. The summed E-state index contributed by atoms with van der Waals surface area (Å²) in [7, 11) is 0. The Labute approximate surface area is 165 Å². The molecule has 0 fully saturated rings. The Morgan fingerprint density at radius 2 is 1.74 bits per heavy atom. The lowest BCUT2D eigenvalue weighted by Crippen LogP contribution is -2.00. The first-order chi connectivity index (χ1) is 12.9. The first-order valence-corrected chi connectivity index (χ1v) is 9.68. The van der Waals surface area contributed by atoms with Crippen LogP contribution < -0.4 is 5.32 Å². The third kappa shape index (κ3) is 3.40. The van der Waals surface area contributed by atoms with Crippen molar-refractivity contribution < 1.29 is 4.39 Å². The summed E-state index contributed by atoms with van der Waals surface area (Å²) in [5.41, 5.74) is 3.94. The average molecular weight is 398 g/mol. The van der Waals surface area contributed by atoms with E-state index in [2.05, 4.69) is 22.2 Å². The molecule has 2 aromatic heterocycles. The molecular weight excluding hydrogens is 381 g/mol. The molecule has 0 saturated carbocycles. The first-order valence-electron chi connectivity index (χ1n) is 8.49. The number of nitrogens with one attached hydrogen (secondary N) is 1. The number of rotatable bonds is 3. The third-order valence-electron chi connectivity index (χ3n) is 4.43. The second kappa shape index (κ2) is 6.91. The van der Waals surface area contributed by atoms with Gasteiger partial charge in [-0.25, -0.2) is 14.4 Å². The van der Waals surface area contributed by atoms with Crippen molar-refractivity contribution in [1.29, 1.82) is 0 Å². The van der Waals surface area contributed by atoms with E-state index in [0.717, 1.165) is 43.3 Å². The second-order valence-corrected chi connectivity index (χ2v) is 8.06. The van der Waals surface area contributed by atoms with Gasteiger partial charge in [-0.05, 0) is 56.2 Å². The van der Waals surface area contributed by atoms with Gasteiger partial charge < -0.3 is 5.32 Å². The van der Waals surface area contributed by atoms with Gasteiger partial charge in [-0.3, -0.25) is 0 Å². The topological polar surface area (TPSA) is 37.8 Å². The molecule has 0 atom stereocenters. The molecule has 1 N–H and O–H groups in total. The molecule has 3 nitrogen and oxygen atoms in total. The van der Waals surface area contributed by atoms with E-state index in [1.54, 1.807) is 23.5 Å². The van der Waals surface area contributed by atoms with Gasteiger partial charge in [-0.2, -0.15) is 0 Å². The summed E-state index contributed by atoms with van der Waals surface area (Å²) in [6.45, 7) is 5.94. The number of aromatic nitrogens is 2. The summed E-state index contributed by atoms with van der Waals surface area (Å²) < 4.78 is 13.4. The molecule has 0 bridgehead atoms. The van der Waals surface area contributed by atoms with Crippen molar-refractivity contribution in [1.82, 2.24) is 9.97 Å². The molecule has 0 aliphatic carbocycles. The Hall–Kier alpha value is -2.50. The lowest BCUT2D eigenvalue weighted by atomic mass is 10.0. The normalized spacial score (nSPS) is 11.1. The van der Waals surface area contributed by atoms with Crippen LogP contribution in [0.25, 0.3) is 21.3 Å². The maximum Gasteiger partial charge on any atom is 0.143 e. The lowest BCUT2D eigenvalue weighted by molar-refractivity contribution is 0.628. The number of hydrogen-bond donors (Lipinski definition) is 1. The van der Waals surface area contributed by atoms with Crippen LogP contribution in [0, 0.1) is 26.6 Å². The van der Waals surface area contributed by atoms with Crippen LogP contribution in [-0.2, 0) is 0 Å². The second-order valence-electron chi connectivity index (χ2n) is 6.42. The molecular formula is C21H17ClFN3S. The van der Waals surface area contributed by atoms with Gasteiger partial charge in [0, 0.05) is 21.2 Å². The molecule has 6 heteroatoms. The number of hydrogen-bond acceptors (Lipinski definition) is 4. The predicted molar refractivity (Wildman–Crippen MR) is 112 cm³/mol. The highest BCUT2D eigenvalue weighted by atomic mass is 35.5. The van der Waals surface area contributed by atoms with Gasteiger partial charge in [-0.1, -0.05) is 29.8 Å². The van der Waals surface area contributed by atoms with Gasteiger partial charge in [0.25, 0.3) is 0 Å². The molecule has 27 heavy (non-hydrogen) atoms. The van der Waals surface area contributed by atoms with Crippen molar-refractivity contribution in [3.05, 3.63) is 69.6 Å². The number of thiophene rings is 1. The van der Waals surface area contributed by atoms with Gasteiger partial charge in [0.05, 0.1) is 5.39 Å². The molecule has 0 aliphatic rings. The Morgan fingerprint density at radius 3 is 2.48 bits per heavy atom. The van der Waals surface area contributed by atoms with Crippen molar-refractivity contribution in [3.8, 4) is 11.1 Å². The summed E-state index contributed by atoms with van der Waals surface area (Å²) in [6, 6.07) is 12.2. The smallest absolute Gasteiger partial charge is 0.143 e. The van der Waals surface area contributed by atoms with Crippen molar-refractivity contribution in [3.63, 3.8) is 0 Å². The van der Waals surface area contributed by atoms with Crippen LogP contribution in [0.15, 0.2) is 42.5 Å². The fourth-order valence-corrected chi connectivity index (χ4v) is 4.39. The number of benzene rings is 2. The van der Waals surface area contributed by atoms with Crippen molar-refractivity contribution >= 4 is 44.7 Å². The fraction of sp³-hybridized carbons (Fsp3) is 0.143. The van der Waals surface area contributed by atoms with Crippen molar-refractivity contribution in [2.45, 2.75) is 20.8 Å². The zero-order valence-electron chi connectivity index (χ0n) is 15.1. The van der Waals surface area contributed by atoms with Gasteiger partial charge in [0.15, 0.2) is 0 Å². The van der Waals surface area contributed by atoms with Crippen molar-refractivity contribution in [2.75, 3.05) is 5.32 Å².